The van der Waals surface area contributed by atoms with E-state index in [-0.39, 0.29) is 31.0 Å². The molecule has 11 heteroatoms. The number of fused-ring (bicyclic) bond motifs is 1. The average molecular weight is 636 g/mol. The Hall–Kier alpha value is -3.78. The van der Waals surface area contributed by atoms with Crippen LogP contribution in [0.5, 0.6) is 0 Å². The molecule has 0 saturated carbocycles. The molecule has 1 aliphatic carbocycles. The number of carbonyl (C=O) groups is 1. The van der Waals surface area contributed by atoms with Crippen molar-refractivity contribution in [2.24, 2.45) is 9.98 Å². The molecule has 2 atom stereocenters. The number of aliphatic imine (C=N–C) groups is 2. The molecule has 45 heavy (non-hydrogen) atoms. The van der Waals surface area contributed by atoms with Crippen molar-refractivity contribution in [1.29, 1.82) is 5.26 Å². The van der Waals surface area contributed by atoms with E-state index in [1.54, 1.807) is 6.07 Å². The number of likely N-dealkylation sites (tertiary alicyclic amines) is 1. The molecule has 1 aromatic heterocycles. The number of allylic oxidation sites excluding steroid dienone is 2. The third-order valence-electron chi connectivity index (χ3n) is 8.50. The summed E-state index contributed by atoms with van der Waals surface area (Å²) in [5.74, 6) is 0.261. The number of nitriles is 1. The molecule has 2 saturated heterocycles. The number of pyridine rings is 1. The Morgan fingerprint density at radius 1 is 1.29 bits per heavy atom. The molecular formula is C34H40ClF2N7O. The van der Waals surface area contributed by atoms with Gasteiger partial charge in [-0.25, -0.2) is 14.4 Å². The number of aldehydes is 1. The van der Waals surface area contributed by atoms with Crippen LogP contribution in [0.1, 0.15) is 60.9 Å². The highest BCUT2D eigenvalue weighted by atomic mass is 35.5. The topological polar surface area (TPSA) is 88.2 Å². The Bertz CT molecular complexity index is 1480. The van der Waals surface area contributed by atoms with Crippen LogP contribution in [0.3, 0.4) is 0 Å². The van der Waals surface area contributed by atoms with Gasteiger partial charge < -0.3 is 9.80 Å². The minimum Gasteiger partial charge on any atom is -0.353 e. The number of piperazine rings is 1. The molecule has 0 bridgehead atoms. The van der Waals surface area contributed by atoms with Crippen LogP contribution in [0.25, 0.3) is 5.57 Å². The Morgan fingerprint density at radius 3 is 2.78 bits per heavy atom. The van der Waals surface area contributed by atoms with Gasteiger partial charge in [-0.3, -0.25) is 9.79 Å². The van der Waals surface area contributed by atoms with Crippen molar-refractivity contribution in [3.05, 3.63) is 76.2 Å². The van der Waals surface area contributed by atoms with Crippen LogP contribution in [0.4, 0.5) is 14.7 Å². The van der Waals surface area contributed by atoms with Gasteiger partial charge in [0.25, 0.3) is 0 Å². The van der Waals surface area contributed by atoms with E-state index in [0.29, 0.717) is 52.5 Å². The molecule has 0 radical (unpaired) electrons. The summed E-state index contributed by atoms with van der Waals surface area (Å²) in [7, 11) is 2.16. The quantitative estimate of drug-likeness (QED) is 0.0796. The molecule has 8 nitrogen and oxygen atoms in total. The van der Waals surface area contributed by atoms with Crippen molar-refractivity contribution >= 4 is 41.8 Å². The lowest BCUT2D eigenvalue weighted by Gasteiger charge is -2.37. The predicted octanol–water partition coefficient (Wildman–Crippen LogP) is 6.36. The summed E-state index contributed by atoms with van der Waals surface area (Å²) in [6, 6.07) is 9.14. The van der Waals surface area contributed by atoms with Crippen molar-refractivity contribution in [2.45, 2.75) is 57.0 Å². The molecule has 1 aromatic carbocycles. The number of hydrogen-bond acceptors (Lipinski definition) is 7. The summed E-state index contributed by atoms with van der Waals surface area (Å²) in [4.78, 5) is 27.2. The van der Waals surface area contributed by atoms with Gasteiger partial charge in [-0.15, -0.1) is 9.60 Å². The number of benzene rings is 1. The zero-order valence-electron chi connectivity index (χ0n) is 25.8. The van der Waals surface area contributed by atoms with Gasteiger partial charge in [0, 0.05) is 48.4 Å². The Labute approximate surface area is 269 Å². The van der Waals surface area contributed by atoms with Crippen molar-refractivity contribution in [3.63, 3.8) is 0 Å². The van der Waals surface area contributed by atoms with E-state index < -0.39 is 11.9 Å². The van der Waals surface area contributed by atoms with Gasteiger partial charge in [0.15, 0.2) is 5.82 Å². The maximum absolute atomic E-state index is 16.0. The van der Waals surface area contributed by atoms with Crippen LogP contribution in [-0.4, -0.2) is 90.6 Å². The van der Waals surface area contributed by atoms with E-state index in [4.69, 9.17) is 21.4 Å². The van der Waals surface area contributed by atoms with Crippen molar-refractivity contribution in [1.82, 2.24) is 19.9 Å². The van der Waals surface area contributed by atoms with Crippen molar-refractivity contribution < 1.29 is 13.7 Å². The van der Waals surface area contributed by atoms with Crippen molar-refractivity contribution in [3.8, 4) is 6.07 Å². The Morgan fingerprint density at radius 2 is 2.09 bits per heavy atom. The van der Waals surface area contributed by atoms with E-state index in [9.17, 15) is 9.74 Å². The van der Waals surface area contributed by atoms with Crippen LogP contribution in [0.2, 0.25) is 5.02 Å². The van der Waals surface area contributed by atoms with E-state index >= 15 is 4.39 Å². The first-order valence-corrected chi connectivity index (χ1v) is 15.7. The number of amidine groups is 1. The summed E-state index contributed by atoms with van der Waals surface area (Å²) in [5, 5.41) is 10.5. The molecule has 0 N–H and O–H groups in total. The lowest BCUT2D eigenvalue weighted by Crippen LogP contribution is -2.52. The standard InChI is InChI=1S/C31H36ClF2N7.C3H4O/c1-36-30-25(19-27(33)29(38-30)24-11-3-7-21-8-4-12-26(32)28(21)24)31(37-15-5-9-22-10-6-16-39(22)2)40-17-18-41(34)23(20-40)13-14-35;1-2-3-4/h4,8,11-12,19,22-23H,1,3,5-7,9-10,13,15-18,20H2,2H3;2-3H,1H2. The minimum absolute atomic E-state index is 0.0424. The van der Waals surface area contributed by atoms with E-state index in [1.807, 2.05) is 23.1 Å². The second-order valence-corrected chi connectivity index (χ2v) is 11.8. The van der Waals surface area contributed by atoms with Crippen molar-refractivity contribution in [2.75, 3.05) is 39.8 Å². The molecule has 238 valence electrons. The van der Waals surface area contributed by atoms with Gasteiger partial charge in [-0.1, -0.05) is 36.4 Å². The highest BCUT2D eigenvalue weighted by Crippen LogP contribution is 2.38. The summed E-state index contributed by atoms with van der Waals surface area (Å²) in [6.45, 7) is 9.21. The number of nitrogens with zero attached hydrogens (tertiary/aromatic N) is 7. The third-order valence-corrected chi connectivity index (χ3v) is 8.81. The number of aromatic nitrogens is 1. The zero-order chi connectivity index (χ0) is 32.3. The number of carbonyl (C=O) groups excluding carboxylic acids is 1. The molecule has 2 unspecified atom stereocenters. The third kappa shape index (κ3) is 8.28. The maximum atomic E-state index is 16.0. The molecule has 2 aliphatic heterocycles. The lowest BCUT2D eigenvalue weighted by atomic mass is 9.88. The van der Waals surface area contributed by atoms with Gasteiger partial charge >= 0.3 is 0 Å². The first-order valence-electron chi connectivity index (χ1n) is 15.3. The number of aryl methyl sites for hydroxylation is 1. The van der Waals surface area contributed by atoms with Crippen LogP contribution >= 0.6 is 11.6 Å². The Balaban J connectivity index is 0.00000109. The van der Waals surface area contributed by atoms with E-state index in [0.717, 1.165) is 43.4 Å². The Kier molecular flexibility index (Phi) is 12.5. The highest BCUT2D eigenvalue weighted by molar-refractivity contribution is 6.32. The second-order valence-electron chi connectivity index (χ2n) is 11.4. The first-order chi connectivity index (χ1) is 21.8. The fourth-order valence-corrected chi connectivity index (χ4v) is 6.52. The summed E-state index contributed by atoms with van der Waals surface area (Å²) < 4.78 is 30.5. The molecule has 3 aliphatic rings. The molecule has 2 fully saturated rings. The number of halogens is 3. The van der Waals surface area contributed by atoms with Gasteiger partial charge in [0.2, 0.25) is 0 Å². The maximum Gasteiger partial charge on any atom is 0.163 e. The fourth-order valence-electron chi connectivity index (χ4n) is 6.23. The van der Waals surface area contributed by atoms with Crippen LogP contribution in [-0.2, 0) is 11.2 Å². The van der Waals surface area contributed by atoms with Crippen LogP contribution in [0.15, 0.2) is 53.0 Å². The van der Waals surface area contributed by atoms with Gasteiger partial charge in [-0.05, 0) is 82.6 Å². The summed E-state index contributed by atoms with van der Waals surface area (Å²) in [6.07, 6.45) is 9.70. The minimum atomic E-state index is -0.602. The second kappa shape index (κ2) is 16.5. The lowest BCUT2D eigenvalue weighted by molar-refractivity contribution is -0.104. The van der Waals surface area contributed by atoms with E-state index in [2.05, 4.69) is 41.3 Å². The predicted molar refractivity (Wildman–Crippen MR) is 176 cm³/mol. The highest BCUT2D eigenvalue weighted by Gasteiger charge is 2.31. The summed E-state index contributed by atoms with van der Waals surface area (Å²) >= 11 is 6.56. The summed E-state index contributed by atoms with van der Waals surface area (Å²) in [5.41, 5.74) is 3.07. The SMILES string of the molecule is C=CC=O.C=Nc1nc(C2=CCCc3cccc(Cl)c32)c(F)cc1C(=NCCCC1CCCN1C)N1CCN(F)C(CC#N)C1. The van der Waals surface area contributed by atoms with Gasteiger partial charge in [-0.2, -0.15) is 5.26 Å². The van der Waals surface area contributed by atoms with Crippen LogP contribution < -0.4 is 0 Å². The molecule has 0 spiro atoms. The first kappa shape index (κ1) is 34.1. The fraction of sp³-hybridized carbons (Fsp3) is 0.441. The molecule has 0 amide bonds. The number of hydrogen-bond donors (Lipinski definition) is 0. The monoisotopic (exact) mass is 635 g/mol. The smallest absolute Gasteiger partial charge is 0.163 e. The average Bonchev–Trinajstić information content (AvgIpc) is 3.46. The largest absolute Gasteiger partial charge is 0.353 e. The normalized spacial score (nSPS) is 20.4. The van der Waals surface area contributed by atoms with Gasteiger partial charge in [0.05, 0.1) is 24.1 Å². The molecule has 2 aromatic rings. The molecule has 5 rings (SSSR count). The number of rotatable bonds is 9. The van der Waals surface area contributed by atoms with Crippen LogP contribution in [0, 0.1) is 17.1 Å². The van der Waals surface area contributed by atoms with Gasteiger partial charge in [0.1, 0.15) is 23.6 Å². The molecular weight excluding hydrogens is 596 g/mol. The van der Waals surface area contributed by atoms with E-state index in [1.165, 1.54) is 25.0 Å². The zero-order valence-corrected chi connectivity index (χ0v) is 26.5. The molecule has 3 heterocycles.